The zero-order valence-electron chi connectivity index (χ0n) is 11.8. The van der Waals surface area contributed by atoms with Crippen molar-refractivity contribution in [2.24, 2.45) is 0 Å². The summed E-state index contributed by atoms with van der Waals surface area (Å²) in [5, 5.41) is 3.23. The maximum Gasteiger partial charge on any atom is 0.240 e. The van der Waals surface area contributed by atoms with Crippen LogP contribution in [0.3, 0.4) is 0 Å². The van der Waals surface area contributed by atoms with Gasteiger partial charge in [0.15, 0.2) is 0 Å². The van der Waals surface area contributed by atoms with Gasteiger partial charge in [-0.05, 0) is 5.56 Å². The molecule has 0 aromatic heterocycles. The summed E-state index contributed by atoms with van der Waals surface area (Å²) in [6.07, 6.45) is 0. The first-order valence-corrected chi connectivity index (χ1v) is 7.78. The molecule has 1 atom stereocenters. The van der Waals surface area contributed by atoms with Crippen LogP contribution in [-0.2, 0) is 10.2 Å². The van der Waals surface area contributed by atoms with Crippen molar-refractivity contribution in [3.05, 3.63) is 35.9 Å². The second-order valence-electron chi connectivity index (χ2n) is 5.72. The van der Waals surface area contributed by atoms with Gasteiger partial charge in [-0.25, -0.2) is 0 Å². The highest BCUT2D eigenvalue weighted by atomic mass is 32.2. The Morgan fingerprint density at radius 2 is 2.11 bits per heavy atom. The summed E-state index contributed by atoms with van der Waals surface area (Å²) in [6, 6.07) is 10.4. The van der Waals surface area contributed by atoms with Crippen LogP contribution in [0.4, 0.5) is 0 Å². The first-order valence-electron chi connectivity index (χ1n) is 6.62. The molecule has 2 rings (SSSR count). The highest BCUT2D eigenvalue weighted by Crippen LogP contribution is 2.24. The van der Waals surface area contributed by atoms with E-state index in [1.165, 1.54) is 5.56 Å². The van der Waals surface area contributed by atoms with Crippen LogP contribution in [-0.4, -0.2) is 42.1 Å². The lowest BCUT2D eigenvalue weighted by Crippen LogP contribution is -2.47. The predicted molar refractivity (Wildman–Crippen MR) is 81.4 cm³/mol. The average molecular weight is 278 g/mol. The molecule has 1 N–H and O–H groups in total. The fourth-order valence-electron chi connectivity index (χ4n) is 2.47. The van der Waals surface area contributed by atoms with Crippen molar-refractivity contribution in [2.75, 3.05) is 25.2 Å². The average Bonchev–Trinajstić information content (AvgIpc) is 2.92. The molecule has 1 aromatic carbocycles. The summed E-state index contributed by atoms with van der Waals surface area (Å²) in [6.45, 7) is 5.10. The number of nitrogens with zero attached hydrogens (tertiary/aromatic N) is 1. The van der Waals surface area contributed by atoms with Gasteiger partial charge in [0.05, 0.1) is 6.04 Å². The molecule has 104 valence electrons. The van der Waals surface area contributed by atoms with Crippen LogP contribution in [0.25, 0.3) is 0 Å². The Kier molecular flexibility index (Phi) is 4.53. The van der Waals surface area contributed by atoms with Gasteiger partial charge < -0.3 is 4.90 Å². The Labute approximate surface area is 119 Å². The van der Waals surface area contributed by atoms with Gasteiger partial charge in [0.1, 0.15) is 0 Å². The van der Waals surface area contributed by atoms with Crippen LogP contribution < -0.4 is 5.32 Å². The molecule has 1 unspecified atom stereocenters. The summed E-state index contributed by atoms with van der Waals surface area (Å²) in [5.41, 5.74) is 1.24. The first kappa shape index (κ1) is 14.4. The lowest BCUT2D eigenvalue weighted by Gasteiger charge is -2.32. The van der Waals surface area contributed by atoms with E-state index in [0.717, 1.165) is 18.2 Å². The third-order valence-corrected chi connectivity index (χ3v) is 4.52. The normalized spacial score (nSPS) is 19.4. The quantitative estimate of drug-likeness (QED) is 0.915. The van der Waals surface area contributed by atoms with Gasteiger partial charge >= 0.3 is 0 Å². The zero-order chi connectivity index (χ0) is 13.9. The highest BCUT2D eigenvalue weighted by molar-refractivity contribution is 7.99. The molecular weight excluding hydrogens is 256 g/mol. The predicted octanol–water partition coefficient (Wildman–Crippen LogP) is 2.09. The lowest BCUT2D eigenvalue weighted by molar-refractivity contribution is -0.132. The van der Waals surface area contributed by atoms with Crippen LogP contribution in [0, 0.1) is 0 Å². The minimum absolute atomic E-state index is 0.0124. The van der Waals surface area contributed by atoms with E-state index in [-0.39, 0.29) is 17.4 Å². The Balaban J connectivity index is 2.01. The summed E-state index contributed by atoms with van der Waals surface area (Å²) in [5.74, 6) is 1.97. The maximum atomic E-state index is 12.3. The fraction of sp³-hybridized carbons (Fsp3) is 0.533. The van der Waals surface area contributed by atoms with Crippen molar-refractivity contribution in [3.63, 3.8) is 0 Å². The number of carbonyl (C=O) groups is 1. The molecule has 1 aliphatic heterocycles. The Hall–Kier alpha value is -1.00. The number of nitrogens with one attached hydrogen (secondary N) is 1. The maximum absolute atomic E-state index is 12.3. The Morgan fingerprint density at radius 1 is 1.42 bits per heavy atom. The van der Waals surface area contributed by atoms with Crippen LogP contribution in [0.5, 0.6) is 0 Å². The molecular formula is C15H22N2OS. The SMILES string of the molecule is CN(CC(C)(C)c1ccccc1)C(=O)C1CSCN1. The molecule has 1 amide bonds. The Morgan fingerprint density at radius 3 is 2.68 bits per heavy atom. The number of thioether (sulfide) groups is 1. The minimum atomic E-state index is -0.0303. The molecule has 0 saturated carbocycles. The monoisotopic (exact) mass is 278 g/mol. The van der Waals surface area contributed by atoms with Gasteiger partial charge in [0, 0.05) is 30.6 Å². The molecule has 0 bridgehead atoms. The first-order chi connectivity index (χ1) is 9.00. The van der Waals surface area contributed by atoms with E-state index >= 15 is 0 Å². The molecule has 1 saturated heterocycles. The largest absolute Gasteiger partial charge is 0.344 e. The summed E-state index contributed by atoms with van der Waals surface area (Å²) in [4.78, 5) is 14.2. The van der Waals surface area contributed by atoms with E-state index in [4.69, 9.17) is 0 Å². The molecule has 0 spiro atoms. The van der Waals surface area contributed by atoms with E-state index in [1.807, 2.05) is 30.1 Å². The van der Waals surface area contributed by atoms with Crippen molar-refractivity contribution in [2.45, 2.75) is 25.3 Å². The van der Waals surface area contributed by atoms with Crippen LogP contribution in [0.1, 0.15) is 19.4 Å². The Bertz CT molecular complexity index is 427. The van der Waals surface area contributed by atoms with E-state index in [9.17, 15) is 4.79 Å². The summed E-state index contributed by atoms with van der Waals surface area (Å²) >= 11 is 1.78. The van der Waals surface area contributed by atoms with E-state index in [0.29, 0.717) is 0 Å². The van der Waals surface area contributed by atoms with Gasteiger partial charge in [0.2, 0.25) is 5.91 Å². The van der Waals surface area contributed by atoms with E-state index < -0.39 is 0 Å². The number of hydrogen-bond donors (Lipinski definition) is 1. The highest BCUT2D eigenvalue weighted by Gasteiger charge is 2.29. The zero-order valence-corrected chi connectivity index (χ0v) is 12.7. The van der Waals surface area contributed by atoms with Crippen LogP contribution in [0.2, 0.25) is 0 Å². The molecule has 0 radical (unpaired) electrons. The van der Waals surface area contributed by atoms with Crippen LogP contribution >= 0.6 is 11.8 Å². The summed E-state index contributed by atoms with van der Waals surface area (Å²) < 4.78 is 0. The van der Waals surface area contributed by atoms with E-state index in [1.54, 1.807) is 11.8 Å². The van der Waals surface area contributed by atoms with Gasteiger partial charge in [0.25, 0.3) is 0 Å². The third kappa shape index (κ3) is 3.51. The third-order valence-electron chi connectivity index (χ3n) is 3.58. The van der Waals surface area contributed by atoms with Gasteiger partial charge in [-0.3, -0.25) is 10.1 Å². The molecule has 1 heterocycles. The molecule has 4 heteroatoms. The summed E-state index contributed by atoms with van der Waals surface area (Å²) in [7, 11) is 1.90. The smallest absolute Gasteiger partial charge is 0.240 e. The molecule has 1 aliphatic rings. The standard InChI is InChI=1S/C15H22N2OS/c1-15(2,12-7-5-4-6-8-12)10-17(3)14(18)13-9-19-11-16-13/h4-8,13,16H,9-11H2,1-3H3. The number of hydrogen-bond acceptors (Lipinski definition) is 3. The second kappa shape index (κ2) is 5.97. The number of rotatable bonds is 4. The van der Waals surface area contributed by atoms with Gasteiger partial charge in [-0.1, -0.05) is 44.2 Å². The minimum Gasteiger partial charge on any atom is -0.344 e. The molecule has 1 aromatic rings. The van der Waals surface area contributed by atoms with Crippen molar-refractivity contribution in [1.82, 2.24) is 10.2 Å². The number of amides is 1. The molecule has 3 nitrogen and oxygen atoms in total. The van der Waals surface area contributed by atoms with E-state index in [2.05, 4.69) is 31.3 Å². The number of benzene rings is 1. The van der Waals surface area contributed by atoms with Crippen molar-refractivity contribution < 1.29 is 4.79 Å². The number of carbonyl (C=O) groups excluding carboxylic acids is 1. The second-order valence-corrected chi connectivity index (χ2v) is 6.75. The molecule has 19 heavy (non-hydrogen) atoms. The fourth-order valence-corrected chi connectivity index (χ4v) is 3.40. The molecule has 0 aliphatic carbocycles. The van der Waals surface area contributed by atoms with Gasteiger partial charge in [-0.2, -0.15) is 0 Å². The lowest BCUT2D eigenvalue weighted by atomic mass is 9.84. The molecule has 1 fully saturated rings. The topological polar surface area (TPSA) is 32.3 Å². The van der Waals surface area contributed by atoms with Crippen molar-refractivity contribution >= 4 is 17.7 Å². The number of likely N-dealkylation sites (N-methyl/N-ethyl adjacent to an activating group) is 1. The van der Waals surface area contributed by atoms with Gasteiger partial charge in [-0.15, -0.1) is 11.8 Å². The van der Waals surface area contributed by atoms with Crippen molar-refractivity contribution in [1.29, 1.82) is 0 Å². The van der Waals surface area contributed by atoms with Crippen molar-refractivity contribution in [3.8, 4) is 0 Å². The van der Waals surface area contributed by atoms with Crippen LogP contribution in [0.15, 0.2) is 30.3 Å².